The minimum absolute atomic E-state index is 0.0660. The van der Waals surface area contributed by atoms with Gasteiger partial charge in [-0.05, 0) is 18.9 Å². The number of carbonyl (C=O) groups excluding carboxylic acids is 1. The van der Waals surface area contributed by atoms with Crippen LogP contribution in [0.4, 0.5) is 5.82 Å². The number of nitrogens with zero attached hydrogens (tertiary/aromatic N) is 1. The molecule has 4 N–H and O–H groups in total. The fourth-order valence-electron chi connectivity index (χ4n) is 1.88. The van der Waals surface area contributed by atoms with Crippen molar-refractivity contribution < 1.29 is 9.00 Å². The Morgan fingerprint density at radius 3 is 2.74 bits per heavy atom. The number of halogens is 1. The number of nitrogens with two attached hydrogens (primary N) is 1. The lowest BCUT2D eigenvalue weighted by Crippen LogP contribution is -2.39. The number of carbonyl (C=O) groups is 1. The van der Waals surface area contributed by atoms with Crippen molar-refractivity contribution in [2.24, 2.45) is 5.84 Å². The smallest absolute Gasteiger partial charge is 0.253 e. The van der Waals surface area contributed by atoms with Gasteiger partial charge in [-0.15, -0.1) is 0 Å². The Morgan fingerprint density at radius 2 is 2.16 bits per heavy atom. The molecule has 1 aromatic rings. The second kappa shape index (κ2) is 6.31. The Bertz CT molecular complexity index is 501. The minimum atomic E-state index is -0.735. The number of rotatable bonds is 3. The molecule has 1 aliphatic rings. The summed E-state index contributed by atoms with van der Waals surface area (Å²) in [6.07, 6.45) is 2.89. The predicted octanol–water partition coefficient (Wildman–Crippen LogP) is 0.661. The van der Waals surface area contributed by atoms with E-state index in [0.29, 0.717) is 27.9 Å². The van der Waals surface area contributed by atoms with E-state index in [0.717, 1.165) is 12.8 Å². The molecule has 0 saturated carbocycles. The zero-order chi connectivity index (χ0) is 13.8. The van der Waals surface area contributed by atoms with Crippen molar-refractivity contribution in [3.63, 3.8) is 0 Å². The molecule has 6 nitrogen and oxygen atoms in total. The van der Waals surface area contributed by atoms with E-state index in [2.05, 4.69) is 15.7 Å². The molecule has 0 aromatic carbocycles. The van der Waals surface area contributed by atoms with Crippen LogP contribution in [0.25, 0.3) is 0 Å². The normalized spacial score (nSPS) is 22.8. The molecule has 1 aromatic heterocycles. The summed E-state index contributed by atoms with van der Waals surface area (Å²) in [5.74, 6) is 6.59. The summed E-state index contributed by atoms with van der Waals surface area (Å²) < 4.78 is 11.2. The van der Waals surface area contributed by atoms with Crippen LogP contribution >= 0.6 is 11.6 Å². The van der Waals surface area contributed by atoms with Crippen LogP contribution in [-0.2, 0) is 10.8 Å². The number of hydrogen-bond donors (Lipinski definition) is 3. The number of nitrogens with one attached hydrogen (secondary N) is 2. The van der Waals surface area contributed by atoms with E-state index in [1.807, 2.05) is 0 Å². The van der Waals surface area contributed by atoms with Crippen LogP contribution in [0.2, 0.25) is 5.02 Å². The highest BCUT2D eigenvalue weighted by molar-refractivity contribution is 7.85. The van der Waals surface area contributed by atoms with Gasteiger partial charge < -0.3 is 10.7 Å². The van der Waals surface area contributed by atoms with Crippen LogP contribution in [0.3, 0.4) is 0 Å². The summed E-state index contributed by atoms with van der Waals surface area (Å²) in [7, 11) is -0.735. The Balaban J connectivity index is 2.00. The van der Waals surface area contributed by atoms with E-state index >= 15 is 0 Å². The standard InChI is InChI=1S/C11H15ClN4O2S/c12-9-5-7(6-14-10(9)16-13)11(17)15-8-1-3-19(18)4-2-8/h5-6,8H,1-4,13H2,(H,14,16)(H,15,17). The van der Waals surface area contributed by atoms with Crippen molar-refractivity contribution in [3.8, 4) is 0 Å². The van der Waals surface area contributed by atoms with Gasteiger partial charge in [-0.25, -0.2) is 10.8 Å². The second-order valence-electron chi connectivity index (χ2n) is 4.29. The summed E-state index contributed by atoms with van der Waals surface area (Å²) in [4.78, 5) is 16.0. The Kier molecular flexibility index (Phi) is 4.73. The summed E-state index contributed by atoms with van der Waals surface area (Å²) in [6.45, 7) is 0. The number of pyridine rings is 1. The molecule has 1 aliphatic heterocycles. The van der Waals surface area contributed by atoms with E-state index in [-0.39, 0.29) is 11.9 Å². The largest absolute Gasteiger partial charge is 0.349 e. The summed E-state index contributed by atoms with van der Waals surface area (Å²) in [5, 5.41) is 3.19. The lowest BCUT2D eigenvalue weighted by Gasteiger charge is -2.22. The molecule has 1 fully saturated rings. The van der Waals surface area contributed by atoms with Gasteiger partial charge in [0.15, 0.2) is 5.82 Å². The van der Waals surface area contributed by atoms with Gasteiger partial charge in [0.1, 0.15) is 0 Å². The Hall–Kier alpha value is -1.18. The van der Waals surface area contributed by atoms with E-state index in [4.69, 9.17) is 17.4 Å². The molecule has 104 valence electrons. The molecule has 0 atom stereocenters. The monoisotopic (exact) mass is 302 g/mol. The second-order valence-corrected chi connectivity index (χ2v) is 6.40. The van der Waals surface area contributed by atoms with Gasteiger partial charge in [-0.1, -0.05) is 11.6 Å². The van der Waals surface area contributed by atoms with Crippen molar-refractivity contribution in [2.45, 2.75) is 18.9 Å². The number of hydrogen-bond acceptors (Lipinski definition) is 5. The van der Waals surface area contributed by atoms with Crippen LogP contribution in [0.15, 0.2) is 12.3 Å². The number of aromatic nitrogens is 1. The highest BCUT2D eigenvalue weighted by atomic mass is 35.5. The molecule has 1 amide bonds. The molecule has 0 spiro atoms. The molecule has 19 heavy (non-hydrogen) atoms. The number of hydrazine groups is 1. The first kappa shape index (κ1) is 14.2. The minimum Gasteiger partial charge on any atom is -0.349 e. The van der Waals surface area contributed by atoms with Gasteiger partial charge in [0, 0.05) is 34.5 Å². The van der Waals surface area contributed by atoms with E-state index < -0.39 is 10.8 Å². The maximum Gasteiger partial charge on any atom is 0.253 e. The third-order valence-corrected chi connectivity index (χ3v) is 4.63. The molecule has 0 bridgehead atoms. The predicted molar refractivity (Wildman–Crippen MR) is 75.4 cm³/mol. The van der Waals surface area contributed by atoms with E-state index in [1.165, 1.54) is 12.3 Å². The van der Waals surface area contributed by atoms with Crippen molar-refractivity contribution >= 4 is 34.1 Å². The maximum atomic E-state index is 12.0. The van der Waals surface area contributed by atoms with Gasteiger partial charge in [0.25, 0.3) is 5.91 Å². The molecular formula is C11H15ClN4O2S. The van der Waals surface area contributed by atoms with Crippen molar-refractivity contribution in [2.75, 3.05) is 16.9 Å². The highest BCUT2D eigenvalue weighted by Crippen LogP contribution is 2.19. The van der Waals surface area contributed by atoms with Gasteiger partial charge in [0.05, 0.1) is 10.6 Å². The van der Waals surface area contributed by atoms with Crippen molar-refractivity contribution in [3.05, 3.63) is 22.8 Å². The fraction of sp³-hybridized carbons (Fsp3) is 0.455. The average molecular weight is 303 g/mol. The molecule has 0 aliphatic carbocycles. The van der Waals surface area contributed by atoms with Crippen LogP contribution in [0, 0.1) is 0 Å². The van der Waals surface area contributed by atoms with Crippen LogP contribution < -0.4 is 16.6 Å². The van der Waals surface area contributed by atoms with Gasteiger partial charge in [0.2, 0.25) is 0 Å². The number of anilines is 1. The van der Waals surface area contributed by atoms with Gasteiger partial charge in [-0.2, -0.15) is 0 Å². The Morgan fingerprint density at radius 1 is 1.47 bits per heavy atom. The summed E-state index contributed by atoms with van der Waals surface area (Å²) >= 11 is 5.91. The summed E-state index contributed by atoms with van der Waals surface area (Å²) in [5.41, 5.74) is 2.72. The lowest BCUT2D eigenvalue weighted by molar-refractivity contribution is 0.0934. The maximum absolute atomic E-state index is 12.0. The molecule has 1 saturated heterocycles. The third kappa shape index (κ3) is 3.65. The molecule has 2 heterocycles. The van der Waals surface area contributed by atoms with Crippen LogP contribution in [0.1, 0.15) is 23.2 Å². The number of amides is 1. The Labute approximate surface area is 118 Å². The quantitative estimate of drug-likeness (QED) is 0.563. The van der Waals surface area contributed by atoms with E-state index in [9.17, 15) is 9.00 Å². The van der Waals surface area contributed by atoms with E-state index in [1.54, 1.807) is 0 Å². The molecule has 0 unspecified atom stereocenters. The molecule has 8 heteroatoms. The summed E-state index contributed by atoms with van der Waals surface area (Å²) in [6, 6.07) is 1.58. The van der Waals surface area contributed by atoms with Crippen LogP contribution in [-0.4, -0.2) is 32.6 Å². The molecule has 2 rings (SSSR count). The van der Waals surface area contributed by atoms with Crippen LogP contribution in [0.5, 0.6) is 0 Å². The first-order chi connectivity index (χ1) is 9.10. The number of nitrogen functional groups attached to an aromatic ring is 1. The topological polar surface area (TPSA) is 97.1 Å². The molecular weight excluding hydrogens is 288 g/mol. The average Bonchev–Trinajstić information content (AvgIpc) is 2.41. The van der Waals surface area contributed by atoms with Gasteiger partial charge >= 0.3 is 0 Å². The van der Waals surface area contributed by atoms with Gasteiger partial charge in [-0.3, -0.25) is 9.00 Å². The highest BCUT2D eigenvalue weighted by Gasteiger charge is 2.20. The SMILES string of the molecule is NNc1ncc(C(=O)NC2CCS(=O)CC2)cc1Cl. The zero-order valence-electron chi connectivity index (χ0n) is 10.2. The zero-order valence-corrected chi connectivity index (χ0v) is 11.8. The molecule has 0 radical (unpaired) electrons. The van der Waals surface area contributed by atoms with Crippen molar-refractivity contribution in [1.82, 2.24) is 10.3 Å². The lowest BCUT2D eigenvalue weighted by atomic mass is 10.1. The first-order valence-corrected chi connectivity index (χ1v) is 7.74. The third-order valence-electron chi connectivity index (χ3n) is 2.96. The first-order valence-electron chi connectivity index (χ1n) is 5.88. The van der Waals surface area contributed by atoms with Crippen molar-refractivity contribution in [1.29, 1.82) is 0 Å². The fourth-order valence-corrected chi connectivity index (χ4v) is 3.40.